The van der Waals surface area contributed by atoms with Gasteiger partial charge in [0.1, 0.15) is 17.3 Å². The molecule has 0 aliphatic carbocycles. The van der Waals surface area contributed by atoms with Crippen molar-refractivity contribution in [3.05, 3.63) is 66.5 Å². The Morgan fingerprint density at radius 1 is 1.00 bits per heavy atom. The van der Waals surface area contributed by atoms with E-state index in [9.17, 15) is 14.0 Å². The van der Waals surface area contributed by atoms with Gasteiger partial charge >= 0.3 is 11.9 Å². The van der Waals surface area contributed by atoms with E-state index in [0.717, 1.165) is 0 Å². The van der Waals surface area contributed by atoms with Crippen LogP contribution in [0.4, 0.5) is 4.39 Å². The van der Waals surface area contributed by atoms with Gasteiger partial charge in [0.05, 0.1) is 0 Å². The summed E-state index contributed by atoms with van der Waals surface area (Å²) in [6.45, 7) is 5.25. The molecule has 2 aromatic carbocycles. The molecule has 0 atom stereocenters. The zero-order valence-electron chi connectivity index (χ0n) is 13.3. The van der Waals surface area contributed by atoms with E-state index in [1.54, 1.807) is 24.3 Å². The highest BCUT2D eigenvalue weighted by atomic mass is 19.1. The van der Waals surface area contributed by atoms with Gasteiger partial charge in [0, 0.05) is 18.9 Å². The fourth-order valence-corrected chi connectivity index (χ4v) is 2.08. The normalized spacial score (nSPS) is 10.1. The molecular weight excluding hydrogens is 311 g/mol. The van der Waals surface area contributed by atoms with Crippen molar-refractivity contribution in [3.8, 4) is 11.5 Å². The monoisotopic (exact) mass is 328 g/mol. The molecule has 0 saturated carbocycles. The van der Waals surface area contributed by atoms with Gasteiger partial charge in [-0.1, -0.05) is 24.8 Å². The molecule has 0 amide bonds. The Morgan fingerprint density at radius 3 is 2.33 bits per heavy atom. The van der Waals surface area contributed by atoms with Gasteiger partial charge in [-0.2, -0.15) is 0 Å². The van der Waals surface area contributed by atoms with E-state index in [0.29, 0.717) is 23.3 Å². The smallest absolute Gasteiger partial charge is 0.311 e. The van der Waals surface area contributed by atoms with Crippen molar-refractivity contribution in [2.45, 2.75) is 19.8 Å². The summed E-state index contributed by atoms with van der Waals surface area (Å²) in [4.78, 5) is 23.0. The summed E-state index contributed by atoms with van der Waals surface area (Å²) in [5, 5.41) is 0. The first-order valence-electron chi connectivity index (χ1n) is 7.37. The van der Waals surface area contributed by atoms with Gasteiger partial charge in [-0.3, -0.25) is 9.59 Å². The first-order chi connectivity index (χ1) is 11.5. The first-order valence-corrected chi connectivity index (χ1v) is 7.37. The van der Waals surface area contributed by atoms with Crippen LogP contribution in [0.25, 0.3) is 5.57 Å². The fourth-order valence-electron chi connectivity index (χ4n) is 2.08. The molecule has 0 N–H and O–H groups in total. The van der Waals surface area contributed by atoms with Crippen molar-refractivity contribution in [1.29, 1.82) is 0 Å². The van der Waals surface area contributed by atoms with E-state index in [1.165, 1.54) is 31.2 Å². The van der Waals surface area contributed by atoms with Gasteiger partial charge in [0.15, 0.2) is 0 Å². The first kappa shape index (κ1) is 17.4. The van der Waals surface area contributed by atoms with Crippen LogP contribution in [0, 0.1) is 5.82 Å². The van der Waals surface area contributed by atoms with Crippen LogP contribution in [0.5, 0.6) is 11.5 Å². The maximum Gasteiger partial charge on any atom is 0.311 e. The lowest BCUT2D eigenvalue weighted by Crippen LogP contribution is -2.08. The number of carbonyl (C=O) groups is 2. The van der Waals surface area contributed by atoms with E-state index in [4.69, 9.17) is 9.47 Å². The second kappa shape index (κ2) is 8.06. The van der Waals surface area contributed by atoms with Crippen LogP contribution in [0.15, 0.2) is 55.1 Å². The van der Waals surface area contributed by atoms with Crippen molar-refractivity contribution in [2.75, 3.05) is 0 Å². The van der Waals surface area contributed by atoms with E-state index in [-0.39, 0.29) is 12.2 Å². The number of halogens is 1. The lowest BCUT2D eigenvalue weighted by molar-refractivity contribution is -0.134. The largest absolute Gasteiger partial charge is 0.427 e. The zero-order valence-corrected chi connectivity index (χ0v) is 13.3. The van der Waals surface area contributed by atoms with Crippen LogP contribution in [0.2, 0.25) is 0 Å². The predicted molar refractivity (Wildman–Crippen MR) is 88.1 cm³/mol. The maximum atomic E-state index is 12.8. The van der Waals surface area contributed by atoms with Crippen LogP contribution in [-0.4, -0.2) is 11.9 Å². The summed E-state index contributed by atoms with van der Waals surface area (Å²) >= 11 is 0. The molecule has 4 nitrogen and oxygen atoms in total. The Morgan fingerprint density at radius 2 is 1.67 bits per heavy atom. The molecule has 5 heteroatoms. The number of ether oxygens (including phenoxy) is 2. The highest BCUT2D eigenvalue weighted by molar-refractivity contribution is 5.78. The summed E-state index contributed by atoms with van der Waals surface area (Å²) in [5.74, 6) is -0.585. The fraction of sp³-hybridized carbons (Fsp3) is 0.158. The minimum Gasteiger partial charge on any atom is -0.427 e. The minimum absolute atomic E-state index is 0.102. The Bertz CT molecular complexity index is 750. The number of carbonyl (C=O) groups excluding carboxylic acids is 2. The average Bonchev–Trinajstić information content (AvgIpc) is 2.55. The van der Waals surface area contributed by atoms with Gasteiger partial charge in [-0.25, -0.2) is 4.39 Å². The number of rotatable bonds is 6. The van der Waals surface area contributed by atoms with Crippen molar-refractivity contribution in [2.24, 2.45) is 0 Å². The van der Waals surface area contributed by atoms with Crippen LogP contribution < -0.4 is 9.47 Å². The molecule has 0 spiro atoms. The molecule has 2 rings (SSSR count). The molecule has 0 bridgehead atoms. The second-order valence-electron chi connectivity index (χ2n) is 5.12. The molecular formula is C19H17FO4. The van der Waals surface area contributed by atoms with Crippen LogP contribution in [-0.2, 0) is 9.59 Å². The van der Waals surface area contributed by atoms with Crippen LogP contribution in [0.1, 0.15) is 25.3 Å². The highest BCUT2D eigenvalue weighted by Gasteiger charge is 2.12. The van der Waals surface area contributed by atoms with Crippen molar-refractivity contribution in [1.82, 2.24) is 0 Å². The predicted octanol–water partition coefficient (Wildman–Crippen LogP) is 4.15. The van der Waals surface area contributed by atoms with Crippen LogP contribution >= 0.6 is 0 Å². The van der Waals surface area contributed by atoms with E-state index in [2.05, 4.69) is 6.58 Å². The third-order valence-electron chi connectivity index (χ3n) is 3.20. The van der Waals surface area contributed by atoms with Crippen molar-refractivity contribution < 1.29 is 23.5 Å². The number of esters is 2. The number of para-hydroxylation sites is 1. The Kier molecular flexibility index (Phi) is 5.84. The number of hydrogen-bond donors (Lipinski definition) is 0. The summed E-state index contributed by atoms with van der Waals surface area (Å²) < 4.78 is 23.1. The van der Waals surface area contributed by atoms with Crippen molar-refractivity contribution in [3.63, 3.8) is 0 Å². The van der Waals surface area contributed by atoms with Crippen molar-refractivity contribution >= 4 is 17.5 Å². The number of benzene rings is 2. The molecule has 24 heavy (non-hydrogen) atoms. The molecule has 0 unspecified atom stereocenters. The number of allylic oxidation sites excluding steroid dienone is 1. The minimum atomic E-state index is -0.451. The summed E-state index contributed by atoms with van der Waals surface area (Å²) in [6, 6.07) is 12.2. The van der Waals surface area contributed by atoms with Gasteiger partial charge in [-0.15, -0.1) is 0 Å². The van der Waals surface area contributed by atoms with E-state index in [1.807, 2.05) is 0 Å². The molecule has 0 aromatic heterocycles. The van der Waals surface area contributed by atoms with Crippen LogP contribution in [0.3, 0.4) is 0 Å². The average molecular weight is 328 g/mol. The standard InChI is InChI=1S/C19H17FO4/c1-13(17-5-3-4-6-18(17)23-14(2)21)7-12-19(22)24-16-10-8-15(20)9-11-16/h3-6,8-11H,1,7,12H2,2H3. The molecule has 0 aliphatic rings. The van der Waals surface area contributed by atoms with Gasteiger partial charge < -0.3 is 9.47 Å². The lowest BCUT2D eigenvalue weighted by Gasteiger charge is -2.11. The lowest BCUT2D eigenvalue weighted by atomic mass is 10.0. The summed E-state index contributed by atoms with van der Waals surface area (Å²) in [5.41, 5.74) is 1.32. The van der Waals surface area contributed by atoms with Gasteiger partial charge in [0.2, 0.25) is 0 Å². The third-order valence-corrected chi connectivity index (χ3v) is 3.20. The summed E-state index contributed by atoms with van der Waals surface area (Å²) in [6.07, 6.45) is 0.447. The van der Waals surface area contributed by atoms with E-state index < -0.39 is 17.8 Å². The zero-order chi connectivity index (χ0) is 17.5. The molecule has 0 saturated heterocycles. The molecule has 124 valence electrons. The molecule has 0 heterocycles. The highest BCUT2D eigenvalue weighted by Crippen LogP contribution is 2.28. The molecule has 2 aromatic rings. The third kappa shape index (κ3) is 5.05. The molecule has 0 aliphatic heterocycles. The summed E-state index contributed by atoms with van der Waals surface area (Å²) in [7, 11) is 0. The maximum absolute atomic E-state index is 12.8. The SMILES string of the molecule is C=C(CCC(=O)Oc1ccc(F)cc1)c1ccccc1OC(C)=O. The Balaban J connectivity index is 1.94. The van der Waals surface area contributed by atoms with Gasteiger partial charge in [-0.05, 0) is 42.3 Å². The Hall–Kier alpha value is -2.95. The molecule has 0 radical (unpaired) electrons. The topological polar surface area (TPSA) is 52.6 Å². The quantitative estimate of drug-likeness (QED) is 0.590. The second-order valence-corrected chi connectivity index (χ2v) is 5.12. The number of hydrogen-bond acceptors (Lipinski definition) is 4. The molecule has 0 fully saturated rings. The Labute approximate surface area is 139 Å². The van der Waals surface area contributed by atoms with E-state index >= 15 is 0 Å². The van der Waals surface area contributed by atoms with Gasteiger partial charge in [0.25, 0.3) is 0 Å².